The average Bonchev–Trinajstić information content (AvgIpc) is 2.97. The normalized spacial score (nSPS) is 10.4. The number of carbonyl (C=O) groups excluding carboxylic acids is 2. The Labute approximate surface area is 169 Å². The fourth-order valence-electron chi connectivity index (χ4n) is 2.38. The van der Waals surface area contributed by atoms with Gasteiger partial charge in [0.1, 0.15) is 4.88 Å². The molecule has 0 aliphatic heterocycles. The summed E-state index contributed by atoms with van der Waals surface area (Å²) in [5.74, 6) is -0.955. The standard InChI is InChI=1S/C18H14ClN3O3S2/c1-25-17(24)15-14(19)12-7-6-11(8-13(12)27-15)22-18(26)21-10-4-2-9(3-5-10)16(20)23/h2-8H,1H3,(H2,20,23)(H2,21,22,26). The molecule has 0 fully saturated rings. The molecule has 0 saturated heterocycles. The Bertz CT molecular complexity index is 1050. The summed E-state index contributed by atoms with van der Waals surface area (Å²) < 4.78 is 5.58. The summed E-state index contributed by atoms with van der Waals surface area (Å²) in [6, 6.07) is 12.1. The van der Waals surface area contributed by atoms with E-state index in [0.717, 1.165) is 15.8 Å². The third kappa shape index (κ3) is 4.19. The maximum Gasteiger partial charge on any atom is 0.349 e. The number of fused-ring (bicyclic) bond motifs is 1. The van der Waals surface area contributed by atoms with Crippen LogP contribution >= 0.6 is 35.2 Å². The molecule has 27 heavy (non-hydrogen) atoms. The van der Waals surface area contributed by atoms with E-state index in [2.05, 4.69) is 10.6 Å². The fourth-order valence-corrected chi connectivity index (χ4v) is 4.08. The van der Waals surface area contributed by atoms with Crippen molar-refractivity contribution in [1.82, 2.24) is 0 Å². The summed E-state index contributed by atoms with van der Waals surface area (Å²) in [5.41, 5.74) is 7.09. The van der Waals surface area contributed by atoms with Crippen LogP contribution in [-0.4, -0.2) is 24.1 Å². The number of ether oxygens (including phenoxy) is 1. The number of amides is 1. The number of nitrogens with two attached hydrogens (primary N) is 1. The quantitative estimate of drug-likeness (QED) is 0.432. The lowest BCUT2D eigenvalue weighted by Gasteiger charge is -2.11. The second kappa shape index (κ2) is 7.91. The number of primary amides is 1. The van der Waals surface area contributed by atoms with Gasteiger partial charge in [-0.2, -0.15) is 0 Å². The highest BCUT2D eigenvalue weighted by molar-refractivity contribution is 7.80. The summed E-state index contributed by atoms with van der Waals surface area (Å²) in [7, 11) is 1.32. The maximum atomic E-state index is 11.8. The van der Waals surface area contributed by atoms with Crippen molar-refractivity contribution in [1.29, 1.82) is 0 Å². The van der Waals surface area contributed by atoms with Crippen LogP contribution in [0.1, 0.15) is 20.0 Å². The van der Waals surface area contributed by atoms with Gasteiger partial charge in [0, 0.05) is 27.0 Å². The molecule has 3 aromatic rings. The lowest BCUT2D eigenvalue weighted by molar-refractivity contribution is 0.0606. The van der Waals surface area contributed by atoms with Crippen LogP contribution in [0.4, 0.5) is 11.4 Å². The Balaban J connectivity index is 1.74. The first kappa shape index (κ1) is 19.1. The van der Waals surface area contributed by atoms with Gasteiger partial charge in [-0.25, -0.2) is 4.79 Å². The number of rotatable bonds is 4. The number of hydrogen-bond donors (Lipinski definition) is 3. The number of thiocarbonyl (C=S) groups is 1. The molecule has 2 aromatic carbocycles. The van der Waals surface area contributed by atoms with Crippen molar-refractivity contribution in [3.05, 3.63) is 57.9 Å². The van der Waals surface area contributed by atoms with E-state index in [1.54, 1.807) is 24.3 Å². The van der Waals surface area contributed by atoms with Crippen molar-refractivity contribution in [2.24, 2.45) is 5.73 Å². The predicted molar refractivity (Wildman–Crippen MR) is 113 cm³/mol. The third-order valence-electron chi connectivity index (χ3n) is 3.69. The summed E-state index contributed by atoms with van der Waals surface area (Å²) in [5, 5.41) is 7.61. The Morgan fingerprint density at radius 3 is 2.37 bits per heavy atom. The topological polar surface area (TPSA) is 93.4 Å². The van der Waals surface area contributed by atoms with Crippen LogP contribution in [0.15, 0.2) is 42.5 Å². The smallest absolute Gasteiger partial charge is 0.349 e. The molecule has 0 spiro atoms. The molecule has 0 bridgehead atoms. The molecule has 6 nitrogen and oxygen atoms in total. The number of halogens is 1. The summed E-state index contributed by atoms with van der Waals surface area (Å²) >= 11 is 12.8. The van der Waals surface area contributed by atoms with E-state index in [1.807, 2.05) is 18.2 Å². The highest BCUT2D eigenvalue weighted by Crippen LogP contribution is 2.37. The van der Waals surface area contributed by atoms with E-state index in [4.69, 9.17) is 34.3 Å². The average molecular weight is 420 g/mol. The van der Waals surface area contributed by atoms with Crippen LogP contribution in [0.25, 0.3) is 10.1 Å². The molecule has 0 atom stereocenters. The number of nitrogens with one attached hydrogen (secondary N) is 2. The number of esters is 1. The molecule has 9 heteroatoms. The molecule has 1 heterocycles. The zero-order valence-electron chi connectivity index (χ0n) is 14.0. The maximum absolute atomic E-state index is 11.8. The summed E-state index contributed by atoms with van der Waals surface area (Å²) in [6.45, 7) is 0. The van der Waals surface area contributed by atoms with Crippen molar-refractivity contribution < 1.29 is 14.3 Å². The second-order valence-electron chi connectivity index (χ2n) is 5.47. The largest absolute Gasteiger partial charge is 0.465 e. The van der Waals surface area contributed by atoms with Crippen LogP contribution in [-0.2, 0) is 4.74 Å². The minimum absolute atomic E-state index is 0.363. The van der Waals surface area contributed by atoms with Gasteiger partial charge in [0.2, 0.25) is 5.91 Å². The number of hydrogen-bond acceptors (Lipinski definition) is 5. The van der Waals surface area contributed by atoms with Gasteiger partial charge in [-0.05, 0) is 54.7 Å². The molecule has 3 rings (SSSR count). The molecule has 4 N–H and O–H groups in total. The summed E-state index contributed by atoms with van der Waals surface area (Å²) in [4.78, 5) is 23.2. The van der Waals surface area contributed by atoms with Gasteiger partial charge in [-0.15, -0.1) is 11.3 Å². The van der Waals surface area contributed by atoms with Gasteiger partial charge in [-0.1, -0.05) is 11.6 Å². The Kier molecular flexibility index (Phi) is 5.59. The molecule has 0 radical (unpaired) electrons. The Morgan fingerprint density at radius 2 is 1.74 bits per heavy atom. The molecule has 138 valence electrons. The molecule has 0 unspecified atom stereocenters. The molecule has 1 aromatic heterocycles. The number of methoxy groups -OCH3 is 1. The predicted octanol–water partition coefficient (Wildman–Crippen LogP) is 4.25. The van der Waals surface area contributed by atoms with E-state index in [-0.39, 0.29) is 0 Å². The number of anilines is 2. The zero-order valence-corrected chi connectivity index (χ0v) is 16.4. The van der Waals surface area contributed by atoms with Crippen molar-refractivity contribution in [2.75, 3.05) is 17.7 Å². The molecular formula is C18H14ClN3O3S2. The van der Waals surface area contributed by atoms with Gasteiger partial charge < -0.3 is 21.1 Å². The van der Waals surface area contributed by atoms with E-state index < -0.39 is 11.9 Å². The molecule has 1 amide bonds. The van der Waals surface area contributed by atoms with Crippen LogP contribution < -0.4 is 16.4 Å². The lowest BCUT2D eigenvalue weighted by Crippen LogP contribution is -2.19. The van der Waals surface area contributed by atoms with Crippen LogP contribution in [0.2, 0.25) is 5.02 Å². The van der Waals surface area contributed by atoms with Crippen molar-refractivity contribution in [3.63, 3.8) is 0 Å². The van der Waals surface area contributed by atoms with Crippen molar-refractivity contribution in [2.45, 2.75) is 0 Å². The molecule has 0 aliphatic rings. The van der Waals surface area contributed by atoms with E-state index in [9.17, 15) is 9.59 Å². The van der Waals surface area contributed by atoms with Gasteiger partial charge in [0.15, 0.2) is 5.11 Å². The molecule has 0 saturated carbocycles. The zero-order chi connectivity index (χ0) is 19.6. The SMILES string of the molecule is COC(=O)c1sc2cc(NC(=S)Nc3ccc(C(N)=O)cc3)ccc2c1Cl. The highest BCUT2D eigenvalue weighted by atomic mass is 35.5. The summed E-state index contributed by atoms with van der Waals surface area (Å²) in [6.07, 6.45) is 0. The van der Waals surface area contributed by atoms with Crippen molar-refractivity contribution >= 4 is 73.6 Å². The van der Waals surface area contributed by atoms with Crippen LogP contribution in [0, 0.1) is 0 Å². The van der Waals surface area contributed by atoms with Crippen LogP contribution in [0.5, 0.6) is 0 Å². The first-order chi connectivity index (χ1) is 12.9. The minimum atomic E-state index is -0.489. The molecule has 0 aliphatic carbocycles. The van der Waals surface area contributed by atoms with Crippen molar-refractivity contribution in [3.8, 4) is 0 Å². The van der Waals surface area contributed by atoms with Gasteiger partial charge in [0.25, 0.3) is 0 Å². The number of benzene rings is 2. The Morgan fingerprint density at radius 1 is 1.11 bits per heavy atom. The van der Waals surface area contributed by atoms with E-state index in [0.29, 0.717) is 26.3 Å². The highest BCUT2D eigenvalue weighted by Gasteiger charge is 2.17. The lowest BCUT2D eigenvalue weighted by atomic mass is 10.2. The second-order valence-corrected chi connectivity index (χ2v) is 7.31. The third-order valence-corrected chi connectivity index (χ3v) is 5.53. The number of thiophene rings is 1. The monoisotopic (exact) mass is 419 g/mol. The fraction of sp³-hybridized carbons (Fsp3) is 0.0556. The first-order valence-electron chi connectivity index (χ1n) is 7.67. The van der Waals surface area contributed by atoms with Gasteiger partial charge >= 0.3 is 5.97 Å². The van der Waals surface area contributed by atoms with E-state index in [1.165, 1.54) is 18.4 Å². The molecular weight excluding hydrogens is 406 g/mol. The van der Waals surface area contributed by atoms with Gasteiger partial charge in [0.05, 0.1) is 12.1 Å². The van der Waals surface area contributed by atoms with Crippen LogP contribution in [0.3, 0.4) is 0 Å². The first-order valence-corrected chi connectivity index (χ1v) is 9.27. The van der Waals surface area contributed by atoms with Gasteiger partial charge in [-0.3, -0.25) is 4.79 Å². The Hall–Kier alpha value is -2.68. The number of carbonyl (C=O) groups is 2. The minimum Gasteiger partial charge on any atom is -0.465 e. The van der Waals surface area contributed by atoms with E-state index >= 15 is 0 Å².